The van der Waals surface area contributed by atoms with E-state index in [0.717, 1.165) is 0 Å². The summed E-state index contributed by atoms with van der Waals surface area (Å²) < 4.78 is 31.1. The highest BCUT2D eigenvalue weighted by Gasteiger charge is 2.09. The SMILES string of the molecule is CC(C)c1ccc(N=Nc2cccc(S(=O)(=O)O)c2)cc1. The van der Waals surface area contributed by atoms with Gasteiger partial charge in [-0.15, -0.1) is 0 Å². The topological polar surface area (TPSA) is 79.1 Å². The van der Waals surface area contributed by atoms with Gasteiger partial charge in [-0.3, -0.25) is 4.55 Å². The van der Waals surface area contributed by atoms with Crippen molar-refractivity contribution in [2.45, 2.75) is 24.7 Å². The fourth-order valence-corrected chi connectivity index (χ4v) is 2.27. The Kier molecular flexibility index (Phi) is 4.50. The number of hydrogen-bond acceptors (Lipinski definition) is 4. The van der Waals surface area contributed by atoms with Crippen LogP contribution in [0.1, 0.15) is 25.3 Å². The predicted octanol–water partition coefficient (Wildman–Crippen LogP) is 4.47. The van der Waals surface area contributed by atoms with Gasteiger partial charge in [-0.25, -0.2) is 0 Å². The van der Waals surface area contributed by atoms with Gasteiger partial charge in [0.15, 0.2) is 0 Å². The van der Waals surface area contributed by atoms with Gasteiger partial charge in [0, 0.05) is 0 Å². The third-order valence-corrected chi connectivity index (χ3v) is 3.81. The molecule has 2 rings (SSSR count). The van der Waals surface area contributed by atoms with Crippen molar-refractivity contribution in [3.8, 4) is 0 Å². The van der Waals surface area contributed by atoms with E-state index in [1.165, 1.54) is 23.8 Å². The van der Waals surface area contributed by atoms with Gasteiger partial charge in [-0.05, 0) is 41.8 Å². The molecule has 21 heavy (non-hydrogen) atoms. The first-order valence-corrected chi connectivity index (χ1v) is 7.89. The minimum Gasteiger partial charge on any atom is -0.282 e. The Morgan fingerprint density at radius 1 is 0.952 bits per heavy atom. The fraction of sp³-hybridized carbons (Fsp3) is 0.200. The van der Waals surface area contributed by atoms with E-state index in [1.54, 1.807) is 6.07 Å². The molecule has 0 aliphatic rings. The van der Waals surface area contributed by atoms with Gasteiger partial charge >= 0.3 is 0 Å². The molecule has 110 valence electrons. The summed E-state index contributed by atoms with van der Waals surface area (Å²) in [6.07, 6.45) is 0. The highest BCUT2D eigenvalue weighted by Crippen LogP contribution is 2.23. The molecule has 0 bridgehead atoms. The molecule has 0 heterocycles. The maximum atomic E-state index is 11.0. The van der Waals surface area contributed by atoms with E-state index in [9.17, 15) is 8.42 Å². The third-order valence-electron chi connectivity index (χ3n) is 2.96. The van der Waals surface area contributed by atoms with Crippen molar-refractivity contribution < 1.29 is 13.0 Å². The zero-order valence-electron chi connectivity index (χ0n) is 11.8. The van der Waals surface area contributed by atoms with E-state index in [1.807, 2.05) is 24.3 Å². The van der Waals surface area contributed by atoms with E-state index in [0.29, 0.717) is 17.3 Å². The second-order valence-electron chi connectivity index (χ2n) is 4.92. The Labute approximate surface area is 124 Å². The standard InChI is InChI=1S/C15H16N2O3S/c1-11(2)12-6-8-13(9-7-12)16-17-14-4-3-5-15(10-14)21(18,19)20/h3-11H,1-2H3,(H,18,19,20). The minimum atomic E-state index is -4.23. The second-order valence-corrected chi connectivity index (χ2v) is 6.34. The molecule has 0 aliphatic carbocycles. The first-order chi connectivity index (χ1) is 9.86. The number of rotatable bonds is 4. The Balaban J connectivity index is 2.21. The Bertz CT molecular complexity index is 751. The monoisotopic (exact) mass is 304 g/mol. The molecule has 5 nitrogen and oxygen atoms in total. The van der Waals surface area contributed by atoms with E-state index < -0.39 is 10.1 Å². The largest absolute Gasteiger partial charge is 0.294 e. The lowest BCUT2D eigenvalue weighted by molar-refractivity contribution is 0.483. The molecule has 0 spiro atoms. The Hall–Kier alpha value is -2.05. The van der Waals surface area contributed by atoms with Crippen molar-refractivity contribution in [3.05, 3.63) is 54.1 Å². The molecular formula is C15H16N2O3S. The van der Waals surface area contributed by atoms with Crippen molar-refractivity contribution in [2.75, 3.05) is 0 Å². The summed E-state index contributed by atoms with van der Waals surface area (Å²) >= 11 is 0. The van der Waals surface area contributed by atoms with Crippen molar-refractivity contribution in [1.82, 2.24) is 0 Å². The minimum absolute atomic E-state index is 0.200. The molecule has 0 radical (unpaired) electrons. The van der Waals surface area contributed by atoms with E-state index in [4.69, 9.17) is 4.55 Å². The van der Waals surface area contributed by atoms with Gasteiger partial charge in [-0.1, -0.05) is 32.0 Å². The third kappa shape index (κ3) is 4.21. The summed E-state index contributed by atoms with van der Waals surface area (Å²) in [4.78, 5) is -0.200. The average molecular weight is 304 g/mol. The summed E-state index contributed by atoms with van der Waals surface area (Å²) in [7, 11) is -4.23. The normalized spacial score (nSPS) is 12.2. The molecule has 0 amide bonds. The van der Waals surface area contributed by atoms with Gasteiger partial charge in [0.2, 0.25) is 0 Å². The summed E-state index contributed by atoms with van der Waals surface area (Å²) in [6.45, 7) is 4.22. The van der Waals surface area contributed by atoms with Crippen LogP contribution in [0.25, 0.3) is 0 Å². The van der Waals surface area contributed by atoms with Gasteiger partial charge in [0.25, 0.3) is 10.1 Å². The van der Waals surface area contributed by atoms with Crippen LogP contribution in [0.4, 0.5) is 11.4 Å². The number of benzene rings is 2. The van der Waals surface area contributed by atoms with Crippen LogP contribution < -0.4 is 0 Å². The maximum Gasteiger partial charge on any atom is 0.294 e. The molecule has 0 atom stereocenters. The smallest absolute Gasteiger partial charge is 0.282 e. The van der Waals surface area contributed by atoms with Crippen LogP contribution >= 0.6 is 0 Å². The van der Waals surface area contributed by atoms with Crippen molar-refractivity contribution in [1.29, 1.82) is 0 Å². The van der Waals surface area contributed by atoms with Crippen LogP contribution in [0.15, 0.2) is 63.7 Å². The zero-order valence-corrected chi connectivity index (χ0v) is 12.6. The van der Waals surface area contributed by atoms with Gasteiger partial charge in [0.1, 0.15) is 0 Å². The maximum absolute atomic E-state index is 11.0. The van der Waals surface area contributed by atoms with Crippen LogP contribution in [0.5, 0.6) is 0 Å². The highest BCUT2D eigenvalue weighted by molar-refractivity contribution is 7.85. The molecule has 2 aromatic rings. The lowest BCUT2D eigenvalue weighted by atomic mass is 10.0. The first kappa shape index (κ1) is 15.3. The molecule has 1 N–H and O–H groups in total. The number of hydrogen-bond donors (Lipinski definition) is 1. The molecule has 0 aromatic heterocycles. The lowest BCUT2D eigenvalue weighted by Gasteiger charge is -2.04. The average Bonchev–Trinajstić information content (AvgIpc) is 2.45. The number of azo groups is 1. The van der Waals surface area contributed by atoms with Crippen molar-refractivity contribution in [2.24, 2.45) is 10.2 Å². The van der Waals surface area contributed by atoms with Crippen molar-refractivity contribution in [3.63, 3.8) is 0 Å². The molecule has 2 aromatic carbocycles. The summed E-state index contributed by atoms with van der Waals surface area (Å²) in [6, 6.07) is 13.3. The van der Waals surface area contributed by atoms with Crippen LogP contribution in [0.2, 0.25) is 0 Å². The van der Waals surface area contributed by atoms with Gasteiger partial charge in [-0.2, -0.15) is 18.6 Å². The lowest BCUT2D eigenvalue weighted by Crippen LogP contribution is -1.96. The van der Waals surface area contributed by atoms with Gasteiger partial charge in [0.05, 0.1) is 16.3 Å². The second kappa shape index (κ2) is 6.15. The molecule has 0 unspecified atom stereocenters. The summed E-state index contributed by atoms with van der Waals surface area (Å²) in [5, 5.41) is 8.02. The summed E-state index contributed by atoms with van der Waals surface area (Å²) in [5.41, 5.74) is 2.25. The van der Waals surface area contributed by atoms with Crippen molar-refractivity contribution >= 4 is 21.5 Å². The molecular weight excluding hydrogens is 288 g/mol. The summed E-state index contributed by atoms with van der Waals surface area (Å²) in [5.74, 6) is 0.447. The van der Waals surface area contributed by atoms with Crippen LogP contribution in [0.3, 0.4) is 0 Å². The predicted molar refractivity (Wildman–Crippen MR) is 81.0 cm³/mol. The van der Waals surface area contributed by atoms with Gasteiger partial charge < -0.3 is 0 Å². The van der Waals surface area contributed by atoms with E-state index in [-0.39, 0.29) is 4.90 Å². The molecule has 0 saturated carbocycles. The Morgan fingerprint density at radius 3 is 2.14 bits per heavy atom. The fourth-order valence-electron chi connectivity index (χ4n) is 1.75. The van der Waals surface area contributed by atoms with Crippen LogP contribution in [-0.4, -0.2) is 13.0 Å². The zero-order chi connectivity index (χ0) is 15.5. The Morgan fingerprint density at radius 2 is 1.57 bits per heavy atom. The van der Waals surface area contributed by atoms with E-state index in [2.05, 4.69) is 24.1 Å². The molecule has 6 heteroatoms. The molecule has 0 saturated heterocycles. The van der Waals surface area contributed by atoms with E-state index >= 15 is 0 Å². The quantitative estimate of drug-likeness (QED) is 0.668. The highest BCUT2D eigenvalue weighted by atomic mass is 32.2. The molecule has 0 aliphatic heterocycles. The number of nitrogens with zero attached hydrogens (tertiary/aromatic N) is 2. The molecule has 0 fully saturated rings. The van der Waals surface area contributed by atoms with Crippen LogP contribution in [-0.2, 0) is 10.1 Å². The first-order valence-electron chi connectivity index (χ1n) is 6.45. The van der Waals surface area contributed by atoms with Crippen LogP contribution in [0, 0.1) is 0 Å².